The van der Waals surface area contributed by atoms with Crippen molar-refractivity contribution in [1.29, 1.82) is 5.26 Å². The Morgan fingerprint density at radius 2 is 2.14 bits per heavy atom. The van der Waals surface area contributed by atoms with E-state index in [1.54, 1.807) is 19.1 Å². The van der Waals surface area contributed by atoms with Crippen molar-refractivity contribution in [2.75, 3.05) is 6.54 Å². The van der Waals surface area contributed by atoms with Crippen molar-refractivity contribution >= 4 is 16.8 Å². The molecule has 2 N–H and O–H groups in total. The van der Waals surface area contributed by atoms with Gasteiger partial charge in [-0.25, -0.2) is 0 Å². The Balaban J connectivity index is 2.36. The van der Waals surface area contributed by atoms with Gasteiger partial charge in [-0.15, -0.1) is 0 Å². The van der Waals surface area contributed by atoms with Crippen LogP contribution in [0.4, 0.5) is 0 Å². The summed E-state index contributed by atoms with van der Waals surface area (Å²) in [6, 6.07) is 9.23. The lowest BCUT2D eigenvalue weighted by Crippen LogP contribution is -2.33. The SMILES string of the molecule is CCCNC(=O)C(C#N)Cc1c(C)[nH]c2ccccc2c1=O. The van der Waals surface area contributed by atoms with E-state index in [1.165, 1.54) is 0 Å². The molecule has 1 aromatic carbocycles. The molecule has 5 nitrogen and oxygen atoms in total. The van der Waals surface area contributed by atoms with Crippen LogP contribution < -0.4 is 10.7 Å². The lowest BCUT2D eigenvalue weighted by Gasteiger charge is -2.12. The Morgan fingerprint density at radius 1 is 1.41 bits per heavy atom. The molecule has 0 aliphatic rings. The van der Waals surface area contributed by atoms with Crippen LogP contribution in [0.2, 0.25) is 0 Å². The highest BCUT2D eigenvalue weighted by molar-refractivity contribution is 5.82. The van der Waals surface area contributed by atoms with Gasteiger partial charge in [-0.2, -0.15) is 5.26 Å². The fourth-order valence-corrected chi connectivity index (χ4v) is 2.42. The highest BCUT2D eigenvalue weighted by Gasteiger charge is 2.21. The number of benzene rings is 1. The first-order valence-electron chi connectivity index (χ1n) is 7.36. The first-order valence-corrected chi connectivity index (χ1v) is 7.36. The van der Waals surface area contributed by atoms with E-state index in [-0.39, 0.29) is 17.8 Å². The number of pyridine rings is 1. The Kier molecular flexibility index (Phi) is 4.95. The van der Waals surface area contributed by atoms with E-state index in [9.17, 15) is 14.9 Å². The van der Waals surface area contributed by atoms with E-state index in [0.717, 1.165) is 11.9 Å². The van der Waals surface area contributed by atoms with Gasteiger partial charge < -0.3 is 10.3 Å². The third-order valence-corrected chi connectivity index (χ3v) is 3.65. The summed E-state index contributed by atoms with van der Waals surface area (Å²) in [5.74, 6) is -1.18. The molecule has 0 aliphatic heterocycles. The molecule has 0 bridgehead atoms. The Labute approximate surface area is 129 Å². The van der Waals surface area contributed by atoms with Gasteiger partial charge in [-0.1, -0.05) is 19.1 Å². The number of hydrogen-bond acceptors (Lipinski definition) is 3. The second kappa shape index (κ2) is 6.90. The minimum Gasteiger partial charge on any atom is -0.358 e. The van der Waals surface area contributed by atoms with Crippen molar-refractivity contribution in [2.45, 2.75) is 26.7 Å². The highest BCUT2D eigenvalue weighted by Crippen LogP contribution is 2.14. The maximum Gasteiger partial charge on any atom is 0.237 e. The zero-order valence-corrected chi connectivity index (χ0v) is 12.8. The van der Waals surface area contributed by atoms with Gasteiger partial charge in [0, 0.05) is 35.1 Å². The molecule has 0 fully saturated rings. The zero-order valence-electron chi connectivity index (χ0n) is 12.8. The number of aryl methyl sites for hydroxylation is 1. The predicted molar refractivity (Wildman–Crippen MR) is 85.4 cm³/mol. The maximum atomic E-state index is 12.6. The van der Waals surface area contributed by atoms with Crippen molar-refractivity contribution in [2.24, 2.45) is 5.92 Å². The number of aromatic amines is 1. The number of carbonyl (C=O) groups is 1. The summed E-state index contributed by atoms with van der Waals surface area (Å²) in [5, 5.41) is 12.5. The van der Waals surface area contributed by atoms with Gasteiger partial charge in [0.05, 0.1) is 6.07 Å². The minimum absolute atomic E-state index is 0.115. The van der Waals surface area contributed by atoms with Gasteiger partial charge in [0.1, 0.15) is 5.92 Å². The number of aromatic nitrogens is 1. The average molecular weight is 297 g/mol. The minimum atomic E-state index is -0.854. The predicted octanol–water partition coefficient (Wildman–Crippen LogP) is 2.04. The summed E-state index contributed by atoms with van der Waals surface area (Å²) in [7, 11) is 0. The monoisotopic (exact) mass is 297 g/mol. The van der Waals surface area contributed by atoms with Crippen molar-refractivity contribution < 1.29 is 4.79 Å². The van der Waals surface area contributed by atoms with Crippen LogP contribution in [0, 0.1) is 24.2 Å². The molecule has 1 atom stereocenters. The van der Waals surface area contributed by atoms with E-state index in [4.69, 9.17) is 0 Å². The number of carbonyl (C=O) groups excluding carboxylic acids is 1. The van der Waals surface area contributed by atoms with Crippen LogP contribution in [-0.4, -0.2) is 17.4 Å². The van der Waals surface area contributed by atoms with Gasteiger partial charge in [0.25, 0.3) is 0 Å². The number of rotatable bonds is 5. The van der Waals surface area contributed by atoms with Gasteiger partial charge >= 0.3 is 0 Å². The van der Waals surface area contributed by atoms with Crippen molar-refractivity contribution in [3.8, 4) is 6.07 Å². The Bertz CT molecular complexity index is 787. The van der Waals surface area contributed by atoms with E-state index in [2.05, 4.69) is 10.3 Å². The third-order valence-electron chi connectivity index (χ3n) is 3.65. The van der Waals surface area contributed by atoms with Crippen LogP contribution in [-0.2, 0) is 11.2 Å². The maximum absolute atomic E-state index is 12.6. The number of hydrogen-bond donors (Lipinski definition) is 2. The largest absolute Gasteiger partial charge is 0.358 e. The van der Waals surface area contributed by atoms with Crippen LogP contribution in [0.25, 0.3) is 10.9 Å². The van der Waals surface area contributed by atoms with E-state index in [0.29, 0.717) is 23.2 Å². The van der Waals surface area contributed by atoms with Crippen LogP contribution in [0.5, 0.6) is 0 Å². The number of fused-ring (bicyclic) bond motifs is 1. The van der Waals surface area contributed by atoms with E-state index >= 15 is 0 Å². The lowest BCUT2D eigenvalue weighted by molar-refractivity contribution is -0.123. The molecule has 1 aromatic heterocycles. The van der Waals surface area contributed by atoms with Crippen molar-refractivity contribution in [3.05, 3.63) is 45.7 Å². The number of nitriles is 1. The number of nitrogens with one attached hydrogen (secondary N) is 2. The summed E-state index contributed by atoms with van der Waals surface area (Å²) in [5.41, 5.74) is 1.84. The quantitative estimate of drug-likeness (QED) is 0.885. The second-order valence-corrected chi connectivity index (χ2v) is 5.28. The molecule has 5 heteroatoms. The second-order valence-electron chi connectivity index (χ2n) is 5.28. The summed E-state index contributed by atoms with van der Waals surface area (Å²) in [6.45, 7) is 4.27. The zero-order chi connectivity index (χ0) is 16.1. The molecule has 0 saturated carbocycles. The molecular formula is C17H19N3O2. The number of amides is 1. The van der Waals surface area contributed by atoms with E-state index in [1.807, 2.05) is 25.1 Å². The van der Waals surface area contributed by atoms with Crippen molar-refractivity contribution in [1.82, 2.24) is 10.3 Å². The summed E-state index contributed by atoms with van der Waals surface area (Å²) in [4.78, 5) is 27.7. The molecule has 1 unspecified atom stereocenters. The van der Waals surface area contributed by atoms with Gasteiger partial charge in [-0.3, -0.25) is 9.59 Å². The molecule has 0 saturated heterocycles. The average Bonchev–Trinajstić information content (AvgIpc) is 2.52. The van der Waals surface area contributed by atoms with Crippen LogP contribution >= 0.6 is 0 Å². The number of para-hydroxylation sites is 1. The van der Waals surface area contributed by atoms with Crippen molar-refractivity contribution in [3.63, 3.8) is 0 Å². The molecule has 2 rings (SSSR count). The Hall–Kier alpha value is -2.61. The molecule has 2 aromatic rings. The fourth-order valence-electron chi connectivity index (χ4n) is 2.42. The first-order chi connectivity index (χ1) is 10.6. The van der Waals surface area contributed by atoms with Crippen LogP contribution in [0.3, 0.4) is 0 Å². The molecular weight excluding hydrogens is 278 g/mol. The van der Waals surface area contributed by atoms with Gasteiger partial charge in [0.15, 0.2) is 5.43 Å². The smallest absolute Gasteiger partial charge is 0.237 e. The standard InChI is InChI=1S/C17H19N3O2/c1-3-8-19-17(22)12(10-18)9-14-11(2)20-15-7-5-4-6-13(15)16(14)21/h4-7,12H,3,8-9H2,1-2H3,(H,19,22)(H,20,21). The highest BCUT2D eigenvalue weighted by atomic mass is 16.1. The first kappa shape index (κ1) is 15.8. The normalized spacial score (nSPS) is 11.9. The van der Waals surface area contributed by atoms with Gasteiger partial charge in [-0.05, 0) is 25.5 Å². The third kappa shape index (κ3) is 3.17. The fraction of sp³-hybridized carbons (Fsp3) is 0.353. The summed E-state index contributed by atoms with van der Waals surface area (Å²) < 4.78 is 0. The lowest BCUT2D eigenvalue weighted by atomic mass is 9.97. The van der Waals surface area contributed by atoms with Crippen LogP contribution in [0.1, 0.15) is 24.6 Å². The number of H-pyrrole nitrogens is 1. The topological polar surface area (TPSA) is 85.8 Å². The number of nitrogens with zero attached hydrogens (tertiary/aromatic N) is 1. The molecule has 0 radical (unpaired) electrons. The van der Waals surface area contributed by atoms with Gasteiger partial charge in [0.2, 0.25) is 5.91 Å². The molecule has 1 heterocycles. The van der Waals surface area contributed by atoms with E-state index < -0.39 is 5.92 Å². The molecule has 0 aliphatic carbocycles. The summed E-state index contributed by atoms with van der Waals surface area (Å²) in [6.07, 6.45) is 0.928. The molecule has 0 spiro atoms. The molecule has 22 heavy (non-hydrogen) atoms. The van der Waals surface area contributed by atoms with Crippen LogP contribution in [0.15, 0.2) is 29.1 Å². The molecule has 1 amide bonds. The Morgan fingerprint density at radius 3 is 2.82 bits per heavy atom. The summed E-state index contributed by atoms with van der Waals surface area (Å²) >= 11 is 0. The molecule has 114 valence electrons.